The highest BCUT2D eigenvalue weighted by Crippen LogP contribution is 2.38. The number of amides is 1. The van der Waals surface area contributed by atoms with Crippen molar-refractivity contribution in [3.8, 4) is 0 Å². The summed E-state index contributed by atoms with van der Waals surface area (Å²) in [4.78, 5) is 15.2. The molecule has 0 N–H and O–H groups in total. The highest BCUT2D eigenvalue weighted by atomic mass is 32.2. The van der Waals surface area contributed by atoms with Crippen LogP contribution in [0.5, 0.6) is 0 Å². The van der Waals surface area contributed by atoms with Gasteiger partial charge in [0.2, 0.25) is 26.0 Å². The van der Waals surface area contributed by atoms with E-state index in [1.165, 1.54) is 14.9 Å². The summed E-state index contributed by atoms with van der Waals surface area (Å²) >= 11 is 0. The maximum absolute atomic E-state index is 13.6. The van der Waals surface area contributed by atoms with Crippen molar-refractivity contribution in [3.05, 3.63) is 66.2 Å². The monoisotopic (exact) mass is 491 g/mol. The molecule has 0 radical (unpaired) electrons. The maximum Gasteiger partial charge on any atom is 0.243 e. The van der Waals surface area contributed by atoms with Gasteiger partial charge in [0.1, 0.15) is 0 Å². The Balaban J connectivity index is 1.57. The molecule has 8 nitrogen and oxygen atoms in total. The fourth-order valence-corrected chi connectivity index (χ4v) is 7.18. The van der Waals surface area contributed by atoms with Crippen LogP contribution in [-0.2, 0) is 24.8 Å². The smallest absolute Gasteiger partial charge is 0.243 e. The first-order valence-electron chi connectivity index (χ1n) is 11.0. The van der Waals surface area contributed by atoms with Crippen LogP contribution in [0.3, 0.4) is 0 Å². The van der Waals surface area contributed by atoms with Gasteiger partial charge in [0, 0.05) is 32.7 Å². The molecule has 2 aromatic rings. The van der Waals surface area contributed by atoms with Crippen LogP contribution in [-0.4, -0.2) is 75.2 Å². The van der Waals surface area contributed by atoms with Crippen LogP contribution >= 0.6 is 0 Å². The number of benzene rings is 2. The summed E-state index contributed by atoms with van der Waals surface area (Å²) in [5.74, 6) is -0.573. The van der Waals surface area contributed by atoms with Gasteiger partial charge in [-0.2, -0.15) is 8.61 Å². The van der Waals surface area contributed by atoms with E-state index in [0.717, 1.165) is 5.56 Å². The second kappa shape index (κ2) is 9.54. The summed E-state index contributed by atoms with van der Waals surface area (Å²) in [5.41, 5.74) is 0.907. The lowest BCUT2D eigenvalue weighted by Crippen LogP contribution is -2.54. The molecule has 4 rings (SSSR count). The van der Waals surface area contributed by atoms with Crippen LogP contribution in [0.4, 0.5) is 0 Å². The number of hydrogen-bond acceptors (Lipinski definition) is 5. The Labute approximate surface area is 195 Å². The van der Waals surface area contributed by atoms with Crippen molar-refractivity contribution in [3.63, 3.8) is 0 Å². The van der Waals surface area contributed by atoms with Crippen LogP contribution in [0.2, 0.25) is 0 Å². The zero-order valence-corrected chi connectivity index (χ0v) is 20.2. The fourth-order valence-electron chi connectivity index (χ4n) is 4.64. The van der Waals surface area contributed by atoms with Gasteiger partial charge < -0.3 is 4.90 Å². The summed E-state index contributed by atoms with van der Waals surface area (Å²) in [6.45, 7) is 1.25. The molecular formula is C23H29N3O5S2. The van der Waals surface area contributed by atoms with Gasteiger partial charge in [-0.1, -0.05) is 48.5 Å². The Kier molecular flexibility index (Phi) is 6.90. The van der Waals surface area contributed by atoms with E-state index >= 15 is 0 Å². The average Bonchev–Trinajstić information content (AvgIpc) is 2.84. The molecule has 1 amide bonds. The molecule has 0 unspecified atom stereocenters. The highest BCUT2D eigenvalue weighted by molar-refractivity contribution is 7.89. The summed E-state index contributed by atoms with van der Waals surface area (Å²) in [7, 11) is -7.10. The molecular weight excluding hydrogens is 462 g/mol. The SMILES string of the molecule is CS(=O)(=O)N1CCN(C(=O)[C@@H]2CC[C@H](c3ccccc3)N(S(=O)(=O)c3ccccc3)C2)CC1. The molecule has 2 aromatic carbocycles. The van der Waals surface area contributed by atoms with Crippen molar-refractivity contribution in [2.75, 3.05) is 39.0 Å². The predicted molar refractivity (Wildman–Crippen MR) is 125 cm³/mol. The van der Waals surface area contributed by atoms with Crippen LogP contribution in [0.25, 0.3) is 0 Å². The summed E-state index contributed by atoms with van der Waals surface area (Å²) in [6, 6.07) is 17.5. The second-order valence-corrected chi connectivity index (χ2v) is 12.4. The normalized spacial score (nSPS) is 23.4. The molecule has 2 atom stereocenters. The largest absolute Gasteiger partial charge is 0.340 e. The Morgan fingerprint density at radius 3 is 1.97 bits per heavy atom. The minimum Gasteiger partial charge on any atom is -0.340 e. The lowest BCUT2D eigenvalue weighted by atomic mass is 9.90. The van der Waals surface area contributed by atoms with Gasteiger partial charge >= 0.3 is 0 Å². The minimum atomic E-state index is -3.81. The third kappa shape index (κ3) is 5.13. The van der Waals surface area contributed by atoms with E-state index in [1.807, 2.05) is 30.3 Å². The van der Waals surface area contributed by atoms with Crippen LogP contribution < -0.4 is 0 Å². The molecule has 33 heavy (non-hydrogen) atoms. The van der Waals surface area contributed by atoms with Gasteiger partial charge in [-0.25, -0.2) is 16.8 Å². The van der Waals surface area contributed by atoms with Crippen LogP contribution in [0, 0.1) is 5.92 Å². The van der Waals surface area contributed by atoms with Crippen molar-refractivity contribution in [2.24, 2.45) is 5.92 Å². The molecule has 2 heterocycles. The zero-order chi connectivity index (χ0) is 23.6. The molecule has 2 aliphatic heterocycles. The molecule has 178 valence electrons. The van der Waals surface area contributed by atoms with Gasteiger partial charge in [0.05, 0.1) is 23.1 Å². The number of carbonyl (C=O) groups excluding carboxylic acids is 1. The van der Waals surface area contributed by atoms with E-state index in [2.05, 4.69) is 0 Å². The first kappa shape index (κ1) is 23.9. The van der Waals surface area contributed by atoms with Gasteiger partial charge in [0.15, 0.2) is 0 Å². The van der Waals surface area contributed by atoms with Crippen LogP contribution in [0.15, 0.2) is 65.6 Å². The molecule has 2 aliphatic rings. The van der Waals surface area contributed by atoms with Gasteiger partial charge in [-0.15, -0.1) is 0 Å². The van der Waals surface area contributed by atoms with E-state index in [0.29, 0.717) is 25.9 Å². The van der Waals surface area contributed by atoms with Gasteiger partial charge in [-0.05, 0) is 30.5 Å². The molecule has 10 heteroatoms. The number of piperidine rings is 1. The first-order valence-corrected chi connectivity index (χ1v) is 14.3. The number of rotatable bonds is 5. The maximum atomic E-state index is 13.6. The van der Waals surface area contributed by atoms with E-state index in [4.69, 9.17) is 0 Å². The van der Waals surface area contributed by atoms with Gasteiger partial charge in [0.25, 0.3) is 0 Å². The molecule has 0 saturated carbocycles. The molecule has 2 fully saturated rings. The van der Waals surface area contributed by atoms with Gasteiger partial charge in [-0.3, -0.25) is 4.79 Å². The standard InChI is InChI=1S/C23H29N3O5S2/c1-32(28,29)25-16-14-24(15-17-25)23(27)20-12-13-22(19-8-4-2-5-9-19)26(18-20)33(30,31)21-10-6-3-7-11-21/h2-11,20,22H,12-18H2,1H3/t20-,22-/m1/s1. The summed E-state index contributed by atoms with van der Waals surface area (Å²) < 4.78 is 53.6. The number of sulfonamides is 2. The van der Waals surface area contributed by atoms with E-state index in [9.17, 15) is 21.6 Å². The minimum absolute atomic E-state index is 0.0991. The fraction of sp³-hybridized carbons (Fsp3) is 0.435. The lowest BCUT2D eigenvalue weighted by Gasteiger charge is -2.41. The first-order chi connectivity index (χ1) is 15.7. The summed E-state index contributed by atoms with van der Waals surface area (Å²) in [5, 5.41) is 0. The number of hydrogen-bond donors (Lipinski definition) is 0. The topological polar surface area (TPSA) is 95.1 Å². The average molecular weight is 492 g/mol. The Hall–Kier alpha value is -2.27. The number of nitrogens with zero attached hydrogens (tertiary/aromatic N) is 3. The zero-order valence-electron chi connectivity index (χ0n) is 18.6. The molecule has 0 aliphatic carbocycles. The molecule has 2 saturated heterocycles. The van der Waals surface area contributed by atoms with Crippen molar-refractivity contribution in [1.82, 2.24) is 13.5 Å². The van der Waals surface area contributed by atoms with E-state index in [1.54, 1.807) is 35.2 Å². The van der Waals surface area contributed by atoms with E-state index in [-0.39, 0.29) is 36.5 Å². The van der Waals surface area contributed by atoms with Crippen molar-refractivity contribution >= 4 is 26.0 Å². The van der Waals surface area contributed by atoms with Crippen molar-refractivity contribution in [2.45, 2.75) is 23.8 Å². The number of piperazine rings is 1. The molecule has 0 bridgehead atoms. The Morgan fingerprint density at radius 2 is 1.39 bits per heavy atom. The second-order valence-electron chi connectivity index (χ2n) is 8.58. The third-order valence-electron chi connectivity index (χ3n) is 6.44. The lowest BCUT2D eigenvalue weighted by molar-refractivity contribution is -0.138. The third-order valence-corrected chi connectivity index (χ3v) is 9.63. The van der Waals surface area contributed by atoms with Crippen LogP contribution in [0.1, 0.15) is 24.4 Å². The molecule has 0 aromatic heterocycles. The number of carbonyl (C=O) groups is 1. The highest BCUT2D eigenvalue weighted by Gasteiger charge is 2.41. The Bertz CT molecular complexity index is 1180. The Morgan fingerprint density at radius 1 is 0.818 bits per heavy atom. The quantitative estimate of drug-likeness (QED) is 0.637. The van der Waals surface area contributed by atoms with Crippen molar-refractivity contribution in [1.29, 1.82) is 0 Å². The van der Waals surface area contributed by atoms with Crippen molar-refractivity contribution < 1.29 is 21.6 Å². The molecule has 0 spiro atoms. The van der Waals surface area contributed by atoms with E-state index < -0.39 is 26.0 Å². The predicted octanol–water partition coefficient (Wildman–Crippen LogP) is 1.93. The summed E-state index contributed by atoms with van der Waals surface area (Å²) in [6.07, 6.45) is 2.28.